The first kappa shape index (κ1) is 22.8. The van der Waals surface area contributed by atoms with E-state index in [0.717, 1.165) is 38.1 Å². The zero-order chi connectivity index (χ0) is 23.0. The normalized spacial score (nSPS) is 23.2. The van der Waals surface area contributed by atoms with Crippen LogP contribution in [-0.2, 0) is 20.8 Å². The van der Waals surface area contributed by atoms with Gasteiger partial charge in [0.05, 0.1) is 10.5 Å². The molecule has 1 spiro atoms. The largest absolute Gasteiger partial charge is 0.457 e. The number of halogens is 3. The molecule has 2 fully saturated rings. The highest BCUT2D eigenvalue weighted by Gasteiger charge is 2.55. The van der Waals surface area contributed by atoms with Crippen LogP contribution < -0.4 is 10.1 Å². The van der Waals surface area contributed by atoms with Crippen molar-refractivity contribution in [1.82, 2.24) is 5.32 Å². The van der Waals surface area contributed by atoms with Gasteiger partial charge in [0, 0.05) is 0 Å². The number of sulfone groups is 1. The Kier molecular flexibility index (Phi) is 5.83. The number of piperidine rings is 1. The summed E-state index contributed by atoms with van der Waals surface area (Å²) in [5.74, 6) is 0.478. The molecule has 2 aromatic rings. The number of rotatable bonds is 5. The van der Waals surface area contributed by atoms with E-state index >= 15 is 0 Å². The van der Waals surface area contributed by atoms with Gasteiger partial charge in [-0.15, -0.1) is 0 Å². The highest BCUT2D eigenvalue weighted by Crippen LogP contribution is 2.53. The van der Waals surface area contributed by atoms with Crippen LogP contribution in [0.25, 0.3) is 0 Å². The van der Waals surface area contributed by atoms with E-state index in [2.05, 4.69) is 5.32 Å². The summed E-state index contributed by atoms with van der Waals surface area (Å²) in [7, 11) is -3.91. The van der Waals surface area contributed by atoms with Gasteiger partial charge < -0.3 is 14.8 Å². The van der Waals surface area contributed by atoms with Crippen LogP contribution >= 0.6 is 0 Å². The molecule has 0 aromatic heterocycles. The van der Waals surface area contributed by atoms with Gasteiger partial charge in [-0.3, -0.25) is 0 Å². The molecule has 4 rings (SSSR count). The van der Waals surface area contributed by atoms with Crippen molar-refractivity contribution in [3.63, 3.8) is 0 Å². The molecule has 0 bridgehead atoms. The topological polar surface area (TPSA) is 72.5 Å². The Morgan fingerprint density at radius 3 is 1.97 bits per heavy atom. The van der Waals surface area contributed by atoms with Crippen molar-refractivity contribution < 1.29 is 31.1 Å². The van der Waals surface area contributed by atoms with Crippen LogP contribution in [0.2, 0.25) is 0 Å². The number of carbonyl (C=O) groups excluding carboxylic acids is 1. The molecular weight excluding hydrogens is 443 g/mol. The quantitative estimate of drug-likeness (QED) is 0.642. The Morgan fingerprint density at radius 1 is 0.875 bits per heavy atom. The lowest BCUT2D eigenvalue weighted by atomic mass is 9.77. The average molecular weight is 468 g/mol. The fourth-order valence-corrected chi connectivity index (χ4v) is 6.79. The lowest BCUT2D eigenvalue weighted by Crippen LogP contribution is -2.41. The van der Waals surface area contributed by atoms with Crippen LogP contribution in [0.5, 0.6) is 11.5 Å². The number of carbonyl (C=O) groups is 1. The van der Waals surface area contributed by atoms with E-state index in [1.165, 1.54) is 36.4 Å². The monoisotopic (exact) mass is 467 g/mol. The standard InChI is InChI=1S/C23H24F3NO4S/c24-23(25,26)17-1-3-18(4-2-17)31-19-5-7-20(8-6-19)32(29,30)22(16-28)10-9-21(15-22)11-13-27-14-12-21/h1-8,16,27H,9-15H2. The molecule has 1 aliphatic carbocycles. The van der Waals surface area contributed by atoms with Gasteiger partial charge in [-0.2, -0.15) is 13.2 Å². The lowest BCUT2D eigenvalue weighted by Gasteiger charge is -2.35. The van der Waals surface area contributed by atoms with E-state index in [9.17, 15) is 26.4 Å². The first-order valence-electron chi connectivity index (χ1n) is 10.5. The van der Waals surface area contributed by atoms with Crippen molar-refractivity contribution >= 4 is 16.1 Å². The van der Waals surface area contributed by atoms with E-state index in [-0.39, 0.29) is 21.8 Å². The second-order valence-electron chi connectivity index (χ2n) is 8.71. The zero-order valence-corrected chi connectivity index (χ0v) is 18.1. The van der Waals surface area contributed by atoms with Crippen LogP contribution in [-0.4, -0.2) is 32.5 Å². The van der Waals surface area contributed by atoms with Crippen molar-refractivity contribution in [3.8, 4) is 11.5 Å². The summed E-state index contributed by atoms with van der Waals surface area (Å²) in [6.07, 6.45) is -0.764. The third-order valence-electron chi connectivity index (χ3n) is 6.72. The predicted molar refractivity (Wildman–Crippen MR) is 112 cm³/mol. The van der Waals surface area contributed by atoms with Crippen molar-refractivity contribution in [1.29, 1.82) is 0 Å². The maximum absolute atomic E-state index is 13.4. The number of ether oxygens (including phenoxy) is 1. The predicted octanol–water partition coefficient (Wildman–Crippen LogP) is 4.76. The average Bonchev–Trinajstić information content (AvgIpc) is 3.14. The van der Waals surface area contributed by atoms with Crippen LogP contribution in [0, 0.1) is 5.41 Å². The summed E-state index contributed by atoms with van der Waals surface area (Å²) in [6, 6.07) is 9.88. The molecule has 2 aliphatic rings. The third-order valence-corrected chi connectivity index (χ3v) is 9.13. The maximum Gasteiger partial charge on any atom is 0.416 e. The smallest absolute Gasteiger partial charge is 0.416 e. The third kappa shape index (κ3) is 4.15. The summed E-state index contributed by atoms with van der Waals surface area (Å²) in [5.41, 5.74) is -0.904. The highest BCUT2D eigenvalue weighted by molar-refractivity contribution is 7.93. The molecule has 172 valence electrons. The van der Waals surface area contributed by atoms with Crippen LogP contribution in [0.3, 0.4) is 0 Å². The Labute approximate surface area is 184 Å². The molecule has 32 heavy (non-hydrogen) atoms. The van der Waals surface area contributed by atoms with Gasteiger partial charge in [-0.25, -0.2) is 8.42 Å². The van der Waals surface area contributed by atoms with Crippen LogP contribution in [0.4, 0.5) is 13.2 Å². The fraction of sp³-hybridized carbons (Fsp3) is 0.435. The second kappa shape index (κ2) is 8.19. The van der Waals surface area contributed by atoms with Gasteiger partial charge in [0.1, 0.15) is 22.5 Å². The number of aldehydes is 1. The molecule has 0 radical (unpaired) electrons. The van der Waals surface area contributed by atoms with Gasteiger partial charge in [0.2, 0.25) is 0 Å². The van der Waals surface area contributed by atoms with E-state index in [1.54, 1.807) is 0 Å². The number of alkyl halides is 3. The maximum atomic E-state index is 13.4. The minimum atomic E-state index is -4.43. The number of nitrogens with one attached hydrogen (secondary N) is 1. The van der Waals surface area contributed by atoms with Gasteiger partial charge in [-0.1, -0.05) is 0 Å². The van der Waals surface area contributed by atoms with Crippen molar-refractivity contribution in [2.75, 3.05) is 13.1 Å². The van der Waals surface area contributed by atoms with Crippen molar-refractivity contribution in [2.24, 2.45) is 5.41 Å². The minimum absolute atomic E-state index is 0.0374. The molecule has 2 aromatic carbocycles. The summed E-state index contributed by atoms with van der Waals surface area (Å²) >= 11 is 0. The fourth-order valence-electron chi connectivity index (χ4n) is 4.84. The van der Waals surface area contributed by atoms with Gasteiger partial charge in [0.25, 0.3) is 0 Å². The first-order chi connectivity index (χ1) is 15.1. The molecule has 1 saturated carbocycles. The van der Waals surface area contributed by atoms with E-state index in [0.29, 0.717) is 25.5 Å². The molecule has 5 nitrogen and oxygen atoms in total. The van der Waals surface area contributed by atoms with E-state index in [1.807, 2.05) is 0 Å². The molecule has 1 aliphatic heterocycles. The Bertz CT molecular complexity index is 1080. The lowest BCUT2D eigenvalue weighted by molar-refractivity contribution is -0.137. The molecule has 0 amide bonds. The number of benzene rings is 2. The molecule has 1 heterocycles. The minimum Gasteiger partial charge on any atom is -0.457 e. The Hall–Kier alpha value is -2.39. The Morgan fingerprint density at radius 2 is 1.44 bits per heavy atom. The summed E-state index contributed by atoms with van der Waals surface area (Å²) in [4.78, 5) is 12.1. The summed E-state index contributed by atoms with van der Waals surface area (Å²) in [5, 5.41) is 3.28. The molecule has 1 atom stereocenters. The first-order valence-corrected chi connectivity index (χ1v) is 11.9. The molecule has 1 unspecified atom stereocenters. The SMILES string of the molecule is O=CC1(S(=O)(=O)c2ccc(Oc3ccc(C(F)(F)F)cc3)cc2)CCC2(CCNCC2)C1. The summed E-state index contributed by atoms with van der Waals surface area (Å²) < 4.78 is 69.0. The van der Waals surface area contributed by atoms with Gasteiger partial charge in [0.15, 0.2) is 9.84 Å². The van der Waals surface area contributed by atoms with Crippen LogP contribution in [0.15, 0.2) is 53.4 Å². The highest BCUT2D eigenvalue weighted by atomic mass is 32.2. The molecule has 1 N–H and O–H groups in total. The number of hydrogen-bond donors (Lipinski definition) is 1. The van der Waals surface area contributed by atoms with Crippen LogP contribution in [0.1, 0.15) is 37.7 Å². The van der Waals surface area contributed by atoms with Crippen molar-refractivity contribution in [2.45, 2.75) is 47.9 Å². The van der Waals surface area contributed by atoms with E-state index in [4.69, 9.17) is 4.74 Å². The van der Waals surface area contributed by atoms with E-state index < -0.39 is 26.3 Å². The van der Waals surface area contributed by atoms with Crippen molar-refractivity contribution in [3.05, 3.63) is 54.1 Å². The molecular formula is C23H24F3NO4S. The molecule has 9 heteroatoms. The summed E-state index contributed by atoms with van der Waals surface area (Å²) in [6.45, 7) is 1.65. The second-order valence-corrected chi connectivity index (χ2v) is 11.0. The number of hydrogen-bond acceptors (Lipinski definition) is 5. The Balaban J connectivity index is 1.52. The van der Waals surface area contributed by atoms with Gasteiger partial charge in [-0.05, 0) is 99.1 Å². The zero-order valence-electron chi connectivity index (χ0n) is 17.3. The molecule has 1 saturated heterocycles. The van der Waals surface area contributed by atoms with Gasteiger partial charge >= 0.3 is 6.18 Å².